The van der Waals surface area contributed by atoms with Crippen molar-refractivity contribution in [3.8, 4) is 0 Å². The summed E-state index contributed by atoms with van der Waals surface area (Å²) >= 11 is 0. The molecular weight excluding hydrogens is 236 g/mol. The predicted octanol–water partition coefficient (Wildman–Crippen LogP) is 3.31. The van der Waals surface area contributed by atoms with Crippen molar-refractivity contribution in [2.24, 2.45) is 0 Å². The monoisotopic (exact) mass is 260 g/mol. The van der Waals surface area contributed by atoms with Crippen LogP contribution in [0.25, 0.3) is 0 Å². The zero-order valence-electron chi connectivity index (χ0n) is 12.2. The fraction of sp³-hybridized carbons (Fsp3) is 0.562. The molecule has 1 heterocycles. The van der Waals surface area contributed by atoms with Gasteiger partial charge in [0.15, 0.2) is 0 Å². The Morgan fingerprint density at radius 3 is 2.89 bits per heavy atom. The van der Waals surface area contributed by atoms with Gasteiger partial charge in [-0.1, -0.05) is 19.1 Å². The highest BCUT2D eigenvalue weighted by Crippen LogP contribution is 2.27. The van der Waals surface area contributed by atoms with E-state index in [1.165, 1.54) is 5.56 Å². The molecule has 2 rings (SSSR count). The number of hydrogen-bond donors (Lipinski definition) is 1. The van der Waals surface area contributed by atoms with E-state index in [1.807, 2.05) is 24.0 Å². The molecule has 1 amide bonds. The van der Waals surface area contributed by atoms with E-state index >= 15 is 0 Å². The third kappa shape index (κ3) is 2.75. The smallest absolute Gasteiger partial charge is 0.256 e. The Balaban J connectivity index is 2.33. The highest BCUT2D eigenvalue weighted by Gasteiger charge is 2.23. The molecule has 0 fully saturated rings. The van der Waals surface area contributed by atoms with Gasteiger partial charge < -0.3 is 10.2 Å². The van der Waals surface area contributed by atoms with E-state index in [0.717, 1.165) is 43.6 Å². The second kappa shape index (κ2) is 6.09. The van der Waals surface area contributed by atoms with Gasteiger partial charge in [0, 0.05) is 19.1 Å². The van der Waals surface area contributed by atoms with Crippen molar-refractivity contribution in [1.29, 1.82) is 0 Å². The largest absolute Gasteiger partial charge is 0.384 e. The minimum absolute atomic E-state index is 0.156. The number of anilines is 1. The van der Waals surface area contributed by atoms with Gasteiger partial charge in [-0.25, -0.2) is 0 Å². The second-order valence-corrected chi connectivity index (χ2v) is 5.22. The van der Waals surface area contributed by atoms with E-state index in [-0.39, 0.29) is 11.9 Å². The minimum Gasteiger partial charge on any atom is -0.384 e. The molecule has 1 N–H and O–H groups in total. The Bertz CT molecular complexity index is 456. The van der Waals surface area contributed by atoms with Crippen LogP contribution in [0.3, 0.4) is 0 Å². The van der Waals surface area contributed by atoms with Crippen LogP contribution in [0.15, 0.2) is 18.2 Å². The van der Waals surface area contributed by atoms with Gasteiger partial charge >= 0.3 is 0 Å². The van der Waals surface area contributed by atoms with Crippen molar-refractivity contribution < 1.29 is 4.79 Å². The molecular formula is C16H24N2O. The SMILES string of the molecule is CCC(C)N(CC)C(=O)c1cccc2c1NCCC2. The molecule has 0 aromatic heterocycles. The Kier molecular flexibility index (Phi) is 4.46. The molecule has 0 saturated carbocycles. The molecule has 1 aromatic carbocycles. The van der Waals surface area contributed by atoms with Gasteiger partial charge in [0.25, 0.3) is 5.91 Å². The van der Waals surface area contributed by atoms with E-state index in [9.17, 15) is 4.79 Å². The van der Waals surface area contributed by atoms with E-state index in [1.54, 1.807) is 0 Å². The van der Waals surface area contributed by atoms with Crippen LogP contribution in [-0.4, -0.2) is 29.9 Å². The van der Waals surface area contributed by atoms with Crippen LogP contribution < -0.4 is 5.32 Å². The van der Waals surface area contributed by atoms with Crippen molar-refractivity contribution in [1.82, 2.24) is 4.90 Å². The lowest BCUT2D eigenvalue weighted by atomic mass is 9.98. The summed E-state index contributed by atoms with van der Waals surface area (Å²) in [5.41, 5.74) is 3.16. The number of rotatable bonds is 4. The number of nitrogens with one attached hydrogen (secondary N) is 1. The van der Waals surface area contributed by atoms with E-state index in [0.29, 0.717) is 0 Å². The fourth-order valence-corrected chi connectivity index (χ4v) is 2.72. The molecule has 19 heavy (non-hydrogen) atoms. The van der Waals surface area contributed by atoms with Gasteiger partial charge in [-0.2, -0.15) is 0 Å². The molecule has 1 aromatic rings. The highest BCUT2D eigenvalue weighted by atomic mass is 16.2. The Morgan fingerprint density at radius 2 is 2.21 bits per heavy atom. The molecule has 1 aliphatic rings. The molecule has 0 aliphatic carbocycles. The number of para-hydroxylation sites is 1. The summed E-state index contributed by atoms with van der Waals surface area (Å²) < 4.78 is 0. The maximum Gasteiger partial charge on any atom is 0.256 e. The summed E-state index contributed by atoms with van der Waals surface area (Å²) in [6.07, 6.45) is 3.20. The van der Waals surface area contributed by atoms with Crippen molar-refractivity contribution in [2.75, 3.05) is 18.4 Å². The molecule has 0 radical (unpaired) electrons. The zero-order chi connectivity index (χ0) is 13.8. The van der Waals surface area contributed by atoms with E-state index < -0.39 is 0 Å². The zero-order valence-corrected chi connectivity index (χ0v) is 12.2. The molecule has 0 bridgehead atoms. The molecule has 0 saturated heterocycles. The third-order valence-electron chi connectivity index (χ3n) is 4.03. The average molecular weight is 260 g/mol. The highest BCUT2D eigenvalue weighted by molar-refractivity contribution is 6.00. The van der Waals surface area contributed by atoms with Crippen LogP contribution >= 0.6 is 0 Å². The maximum absolute atomic E-state index is 12.7. The van der Waals surface area contributed by atoms with Gasteiger partial charge in [0.1, 0.15) is 0 Å². The third-order valence-corrected chi connectivity index (χ3v) is 4.03. The lowest BCUT2D eigenvalue weighted by Gasteiger charge is -2.29. The van der Waals surface area contributed by atoms with Gasteiger partial charge in [-0.3, -0.25) is 4.79 Å². The standard InChI is InChI=1S/C16H24N2O/c1-4-12(3)18(5-2)16(19)14-10-6-8-13-9-7-11-17-15(13)14/h6,8,10,12,17H,4-5,7,9,11H2,1-3H3. The summed E-state index contributed by atoms with van der Waals surface area (Å²) in [6.45, 7) is 8.01. The Morgan fingerprint density at radius 1 is 1.42 bits per heavy atom. The lowest BCUT2D eigenvalue weighted by molar-refractivity contribution is 0.0701. The maximum atomic E-state index is 12.7. The van der Waals surface area contributed by atoms with Crippen LogP contribution in [0.5, 0.6) is 0 Å². The Hall–Kier alpha value is -1.51. The molecule has 1 atom stereocenters. The number of carbonyl (C=O) groups is 1. The van der Waals surface area contributed by atoms with Crippen LogP contribution in [0.1, 0.15) is 49.5 Å². The summed E-state index contributed by atoms with van der Waals surface area (Å²) in [4.78, 5) is 14.7. The molecule has 1 aliphatic heterocycles. The summed E-state index contributed by atoms with van der Waals surface area (Å²) in [5.74, 6) is 0.156. The first-order chi connectivity index (χ1) is 9.19. The fourth-order valence-electron chi connectivity index (χ4n) is 2.72. The first-order valence-corrected chi connectivity index (χ1v) is 7.35. The van der Waals surface area contributed by atoms with Crippen LogP contribution in [0.4, 0.5) is 5.69 Å². The summed E-state index contributed by atoms with van der Waals surface area (Å²) in [7, 11) is 0. The number of fused-ring (bicyclic) bond motifs is 1. The van der Waals surface area contributed by atoms with E-state index in [2.05, 4.69) is 25.2 Å². The summed E-state index contributed by atoms with van der Waals surface area (Å²) in [5, 5.41) is 3.40. The number of hydrogen-bond acceptors (Lipinski definition) is 2. The molecule has 3 nitrogen and oxygen atoms in total. The Labute approximate surface area is 116 Å². The number of carbonyl (C=O) groups excluding carboxylic acids is 1. The summed E-state index contributed by atoms with van der Waals surface area (Å²) in [6, 6.07) is 6.36. The van der Waals surface area contributed by atoms with E-state index in [4.69, 9.17) is 0 Å². The second-order valence-electron chi connectivity index (χ2n) is 5.22. The molecule has 1 unspecified atom stereocenters. The van der Waals surface area contributed by atoms with Crippen LogP contribution in [0.2, 0.25) is 0 Å². The number of amides is 1. The number of nitrogens with zero attached hydrogens (tertiary/aromatic N) is 1. The normalized spacial score (nSPS) is 15.3. The topological polar surface area (TPSA) is 32.3 Å². The first kappa shape index (κ1) is 13.9. The van der Waals surface area contributed by atoms with Crippen molar-refractivity contribution in [3.63, 3.8) is 0 Å². The minimum atomic E-state index is 0.156. The van der Waals surface area contributed by atoms with Gasteiger partial charge in [-0.15, -0.1) is 0 Å². The lowest BCUT2D eigenvalue weighted by Crippen LogP contribution is -2.38. The molecule has 104 valence electrons. The van der Waals surface area contributed by atoms with Crippen LogP contribution in [-0.2, 0) is 6.42 Å². The molecule has 0 spiro atoms. The average Bonchev–Trinajstić information content (AvgIpc) is 2.47. The van der Waals surface area contributed by atoms with Gasteiger partial charge in [0.05, 0.1) is 11.3 Å². The van der Waals surface area contributed by atoms with Crippen molar-refractivity contribution >= 4 is 11.6 Å². The first-order valence-electron chi connectivity index (χ1n) is 7.35. The van der Waals surface area contributed by atoms with Crippen molar-refractivity contribution in [2.45, 2.75) is 46.1 Å². The van der Waals surface area contributed by atoms with Crippen LogP contribution in [0, 0.1) is 0 Å². The van der Waals surface area contributed by atoms with Gasteiger partial charge in [-0.05, 0) is 44.7 Å². The predicted molar refractivity (Wildman–Crippen MR) is 79.7 cm³/mol. The quantitative estimate of drug-likeness (QED) is 0.901. The van der Waals surface area contributed by atoms with Crippen molar-refractivity contribution in [3.05, 3.63) is 29.3 Å². The van der Waals surface area contributed by atoms with Gasteiger partial charge in [0.2, 0.25) is 0 Å². The number of aryl methyl sites for hydroxylation is 1. The molecule has 3 heteroatoms. The number of benzene rings is 1.